The number of nitrogens with zero attached hydrogens (tertiary/aromatic N) is 2. The molecule has 0 radical (unpaired) electrons. The molecule has 3 nitrogen and oxygen atoms in total. The number of halogens is 3. The molecule has 1 unspecified atom stereocenters. The van der Waals surface area contributed by atoms with Gasteiger partial charge in [-0.1, -0.05) is 24.3 Å². The van der Waals surface area contributed by atoms with Crippen molar-refractivity contribution >= 4 is 11.0 Å². The smallest absolute Gasteiger partial charge is 0.342 e. The summed E-state index contributed by atoms with van der Waals surface area (Å²) in [5.74, 6) is 1.33. The number of alkyl halides is 3. The Balaban J connectivity index is 1.45. The van der Waals surface area contributed by atoms with Crippen LogP contribution in [0.4, 0.5) is 13.2 Å². The first-order valence-corrected chi connectivity index (χ1v) is 8.82. The molecule has 0 aliphatic carbocycles. The van der Waals surface area contributed by atoms with E-state index in [1.54, 1.807) is 12.1 Å². The molecular formula is C20H20F3N3. The van der Waals surface area contributed by atoms with E-state index in [-0.39, 0.29) is 0 Å². The number of piperidine rings is 1. The molecule has 1 atom stereocenters. The van der Waals surface area contributed by atoms with E-state index in [2.05, 4.69) is 9.88 Å². The predicted molar refractivity (Wildman–Crippen MR) is 94.8 cm³/mol. The van der Waals surface area contributed by atoms with E-state index in [0.717, 1.165) is 60.5 Å². The molecule has 1 aliphatic rings. The third-order valence-corrected chi connectivity index (χ3v) is 4.99. The summed E-state index contributed by atoms with van der Waals surface area (Å²) in [4.78, 5) is 10.4. The van der Waals surface area contributed by atoms with Gasteiger partial charge in [0, 0.05) is 19.0 Å². The van der Waals surface area contributed by atoms with Crippen molar-refractivity contribution in [2.75, 3.05) is 13.1 Å². The van der Waals surface area contributed by atoms with Gasteiger partial charge in [-0.3, -0.25) is 4.90 Å². The van der Waals surface area contributed by atoms with Gasteiger partial charge in [-0.2, -0.15) is 13.2 Å². The number of aromatic nitrogens is 2. The Kier molecular flexibility index (Phi) is 4.44. The van der Waals surface area contributed by atoms with Crippen molar-refractivity contribution in [2.24, 2.45) is 0 Å². The minimum Gasteiger partial charge on any atom is -0.342 e. The van der Waals surface area contributed by atoms with Gasteiger partial charge in [0.05, 0.1) is 16.6 Å². The van der Waals surface area contributed by atoms with Gasteiger partial charge in [0.25, 0.3) is 0 Å². The summed E-state index contributed by atoms with van der Waals surface area (Å²) in [6, 6.07) is 13.5. The van der Waals surface area contributed by atoms with Gasteiger partial charge < -0.3 is 4.98 Å². The molecule has 0 saturated carbocycles. The van der Waals surface area contributed by atoms with Gasteiger partial charge in [-0.25, -0.2) is 4.98 Å². The SMILES string of the molecule is FC(F)(F)c1ccc(CN2CCCC(c3nc4ccccc4[nH]3)C2)cc1. The molecule has 2 heterocycles. The zero-order valence-electron chi connectivity index (χ0n) is 14.3. The van der Waals surface area contributed by atoms with Crippen molar-refractivity contribution in [3.05, 3.63) is 65.5 Å². The Morgan fingerprint density at radius 3 is 2.58 bits per heavy atom. The van der Waals surface area contributed by atoms with Gasteiger partial charge in [-0.15, -0.1) is 0 Å². The molecule has 136 valence electrons. The number of H-pyrrole nitrogens is 1. The second kappa shape index (κ2) is 6.76. The molecule has 3 aromatic rings. The Bertz CT molecular complexity index is 850. The number of nitrogens with one attached hydrogen (secondary N) is 1. The van der Waals surface area contributed by atoms with Crippen molar-refractivity contribution in [1.29, 1.82) is 0 Å². The number of hydrogen-bond donors (Lipinski definition) is 1. The van der Waals surface area contributed by atoms with Crippen LogP contribution in [0.25, 0.3) is 11.0 Å². The van der Waals surface area contributed by atoms with Crippen LogP contribution in [0.2, 0.25) is 0 Å². The van der Waals surface area contributed by atoms with Crippen molar-refractivity contribution in [1.82, 2.24) is 14.9 Å². The minimum absolute atomic E-state index is 0.325. The van der Waals surface area contributed by atoms with Crippen LogP contribution in [-0.4, -0.2) is 28.0 Å². The van der Waals surface area contributed by atoms with Crippen LogP contribution in [0.15, 0.2) is 48.5 Å². The summed E-state index contributed by atoms with van der Waals surface area (Å²) in [6.45, 7) is 2.48. The second-order valence-electron chi connectivity index (χ2n) is 6.91. The number of likely N-dealkylation sites (tertiary alicyclic amines) is 1. The fraction of sp³-hybridized carbons (Fsp3) is 0.350. The van der Waals surface area contributed by atoms with E-state index in [0.29, 0.717) is 12.5 Å². The van der Waals surface area contributed by atoms with Crippen LogP contribution in [0.5, 0.6) is 0 Å². The van der Waals surface area contributed by atoms with E-state index in [1.165, 1.54) is 0 Å². The zero-order chi connectivity index (χ0) is 18.1. The molecule has 1 N–H and O–H groups in total. The number of benzene rings is 2. The second-order valence-corrected chi connectivity index (χ2v) is 6.91. The molecule has 1 fully saturated rings. The van der Waals surface area contributed by atoms with Crippen molar-refractivity contribution in [2.45, 2.75) is 31.5 Å². The third-order valence-electron chi connectivity index (χ3n) is 4.99. The highest BCUT2D eigenvalue weighted by Crippen LogP contribution is 2.30. The lowest BCUT2D eigenvalue weighted by atomic mass is 9.97. The number of rotatable bonds is 3. The summed E-state index contributed by atoms with van der Waals surface area (Å²) in [5.41, 5.74) is 2.33. The largest absolute Gasteiger partial charge is 0.416 e. The van der Waals surface area contributed by atoms with Gasteiger partial charge in [-0.05, 0) is 49.2 Å². The van der Waals surface area contributed by atoms with Crippen LogP contribution in [0.1, 0.15) is 35.7 Å². The maximum absolute atomic E-state index is 12.7. The Morgan fingerprint density at radius 1 is 1.08 bits per heavy atom. The predicted octanol–water partition coefficient (Wildman–Crippen LogP) is 4.96. The molecule has 1 saturated heterocycles. The third kappa shape index (κ3) is 3.60. The number of para-hydroxylation sites is 2. The Hall–Kier alpha value is -2.34. The average molecular weight is 359 g/mol. The summed E-state index contributed by atoms with van der Waals surface area (Å²) in [5, 5.41) is 0. The highest BCUT2D eigenvalue weighted by molar-refractivity contribution is 5.74. The summed E-state index contributed by atoms with van der Waals surface area (Å²) in [7, 11) is 0. The van der Waals surface area contributed by atoms with Gasteiger partial charge in [0.1, 0.15) is 5.82 Å². The summed E-state index contributed by atoms with van der Waals surface area (Å²) < 4.78 is 38.1. The first-order chi connectivity index (χ1) is 12.5. The molecule has 2 aromatic carbocycles. The quantitative estimate of drug-likeness (QED) is 0.717. The highest BCUT2D eigenvalue weighted by atomic mass is 19.4. The van der Waals surface area contributed by atoms with Gasteiger partial charge in [0.2, 0.25) is 0 Å². The van der Waals surface area contributed by atoms with Crippen molar-refractivity contribution in [3.8, 4) is 0 Å². The molecule has 0 amide bonds. The monoisotopic (exact) mass is 359 g/mol. The highest BCUT2D eigenvalue weighted by Gasteiger charge is 2.30. The normalized spacial score (nSPS) is 19.1. The fourth-order valence-corrected chi connectivity index (χ4v) is 3.65. The molecule has 4 rings (SSSR count). The van der Waals surface area contributed by atoms with Gasteiger partial charge in [0.15, 0.2) is 0 Å². The van der Waals surface area contributed by atoms with E-state index in [9.17, 15) is 13.2 Å². The maximum Gasteiger partial charge on any atom is 0.416 e. The Morgan fingerprint density at radius 2 is 1.85 bits per heavy atom. The van der Waals surface area contributed by atoms with Crippen LogP contribution >= 0.6 is 0 Å². The fourth-order valence-electron chi connectivity index (χ4n) is 3.65. The molecule has 1 aromatic heterocycles. The van der Waals surface area contributed by atoms with Crippen molar-refractivity contribution < 1.29 is 13.2 Å². The Labute approximate surface area is 149 Å². The molecule has 1 aliphatic heterocycles. The van der Waals surface area contributed by atoms with E-state index >= 15 is 0 Å². The molecule has 26 heavy (non-hydrogen) atoms. The van der Waals surface area contributed by atoms with E-state index in [1.807, 2.05) is 24.3 Å². The molecule has 6 heteroatoms. The first-order valence-electron chi connectivity index (χ1n) is 8.82. The molecule has 0 bridgehead atoms. The molecule has 0 spiro atoms. The van der Waals surface area contributed by atoms with Gasteiger partial charge >= 0.3 is 6.18 Å². The number of fused-ring (bicyclic) bond motifs is 1. The molecular weight excluding hydrogens is 339 g/mol. The number of imidazole rings is 1. The first kappa shape index (κ1) is 17.1. The number of aromatic amines is 1. The lowest BCUT2D eigenvalue weighted by Gasteiger charge is -2.31. The number of hydrogen-bond acceptors (Lipinski definition) is 2. The summed E-state index contributed by atoms with van der Waals surface area (Å²) >= 11 is 0. The zero-order valence-corrected chi connectivity index (χ0v) is 14.3. The summed E-state index contributed by atoms with van der Waals surface area (Å²) in [6.07, 6.45) is -2.15. The lowest BCUT2D eigenvalue weighted by molar-refractivity contribution is -0.137. The average Bonchev–Trinajstić information content (AvgIpc) is 3.06. The van der Waals surface area contributed by atoms with E-state index in [4.69, 9.17) is 4.98 Å². The standard InChI is InChI=1S/C20H20F3N3/c21-20(22,23)16-9-7-14(8-10-16)12-26-11-3-4-15(13-26)19-24-17-5-1-2-6-18(17)25-19/h1-2,5-10,15H,3-4,11-13H2,(H,24,25). The maximum atomic E-state index is 12.7. The van der Waals surface area contributed by atoms with Crippen LogP contribution in [0, 0.1) is 0 Å². The topological polar surface area (TPSA) is 31.9 Å². The van der Waals surface area contributed by atoms with Crippen LogP contribution in [-0.2, 0) is 12.7 Å². The minimum atomic E-state index is -4.28. The van der Waals surface area contributed by atoms with Crippen LogP contribution in [0.3, 0.4) is 0 Å². The van der Waals surface area contributed by atoms with Crippen molar-refractivity contribution in [3.63, 3.8) is 0 Å². The van der Waals surface area contributed by atoms with E-state index < -0.39 is 11.7 Å². The van der Waals surface area contributed by atoms with Crippen LogP contribution < -0.4 is 0 Å². The lowest BCUT2D eigenvalue weighted by Crippen LogP contribution is -2.34.